The summed E-state index contributed by atoms with van der Waals surface area (Å²) in [7, 11) is 0. The quantitative estimate of drug-likeness (QED) is 0.644. The predicted molar refractivity (Wildman–Crippen MR) is 101 cm³/mol. The van der Waals surface area contributed by atoms with Crippen LogP contribution < -0.4 is 20.1 Å². The maximum atomic E-state index is 12.4. The number of pyridine rings is 1. The van der Waals surface area contributed by atoms with Gasteiger partial charge < -0.3 is 30.0 Å². The van der Waals surface area contributed by atoms with Crippen molar-refractivity contribution >= 4 is 28.7 Å². The van der Waals surface area contributed by atoms with Crippen molar-refractivity contribution in [2.75, 3.05) is 25.2 Å². The van der Waals surface area contributed by atoms with Gasteiger partial charge in [0.05, 0.1) is 6.04 Å². The van der Waals surface area contributed by atoms with Crippen LogP contribution in [0.15, 0.2) is 42.6 Å². The van der Waals surface area contributed by atoms with Gasteiger partial charge in [-0.05, 0) is 30.3 Å². The lowest BCUT2D eigenvalue weighted by Gasteiger charge is -2.39. The first-order valence-electron chi connectivity index (χ1n) is 8.86. The molecule has 5 rings (SSSR count). The zero-order valence-corrected chi connectivity index (χ0v) is 14.8. The highest BCUT2D eigenvalue weighted by atomic mass is 16.7. The molecular weight excluding hydrogens is 362 g/mol. The minimum absolute atomic E-state index is 0.0885. The van der Waals surface area contributed by atoms with Crippen LogP contribution >= 0.6 is 0 Å². The van der Waals surface area contributed by atoms with Crippen molar-refractivity contribution in [3.63, 3.8) is 0 Å². The molecule has 0 aliphatic carbocycles. The van der Waals surface area contributed by atoms with Crippen molar-refractivity contribution in [2.45, 2.75) is 6.04 Å². The first kappa shape index (κ1) is 16.4. The van der Waals surface area contributed by atoms with Crippen molar-refractivity contribution in [3.8, 4) is 11.5 Å². The van der Waals surface area contributed by atoms with Gasteiger partial charge in [0.25, 0.3) is 5.91 Å². The van der Waals surface area contributed by atoms with Gasteiger partial charge in [-0.2, -0.15) is 0 Å². The lowest BCUT2D eigenvalue weighted by atomic mass is 10.1. The molecule has 1 saturated heterocycles. The van der Waals surface area contributed by atoms with Gasteiger partial charge in [0, 0.05) is 36.4 Å². The summed E-state index contributed by atoms with van der Waals surface area (Å²) in [5, 5.41) is 6.62. The highest BCUT2D eigenvalue weighted by molar-refractivity contribution is 5.97. The number of nitrogens with zero attached hydrogens (tertiary/aromatic N) is 2. The zero-order chi connectivity index (χ0) is 19.1. The number of nitrogens with one attached hydrogen (secondary N) is 3. The number of urea groups is 1. The number of aromatic amines is 1. The summed E-state index contributed by atoms with van der Waals surface area (Å²) in [6, 6.07) is 10.4. The summed E-state index contributed by atoms with van der Waals surface area (Å²) in [5.74, 6) is 1.06. The molecule has 142 valence electrons. The van der Waals surface area contributed by atoms with Crippen LogP contribution in [0.2, 0.25) is 0 Å². The van der Waals surface area contributed by atoms with E-state index in [1.807, 2.05) is 12.1 Å². The third-order valence-electron chi connectivity index (χ3n) is 4.76. The lowest BCUT2D eigenvalue weighted by molar-refractivity contribution is 0.0860. The molecule has 3 aromatic rings. The van der Waals surface area contributed by atoms with Crippen LogP contribution in [0.3, 0.4) is 0 Å². The molecule has 0 unspecified atom stereocenters. The van der Waals surface area contributed by atoms with E-state index >= 15 is 0 Å². The number of aromatic nitrogens is 2. The minimum atomic E-state index is -0.223. The summed E-state index contributed by atoms with van der Waals surface area (Å²) in [5.41, 5.74) is 1.76. The number of H-pyrrole nitrogens is 1. The van der Waals surface area contributed by atoms with Crippen molar-refractivity contribution < 1.29 is 19.1 Å². The molecule has 1 aromatic carbocycles. The Morgan fingerprint density at radius 2 is 2.00 bits per heavy atom. The number of ether oxygens (including phenoxy) is 2. The van der Waals surface area contributed by atoms with Gasteiger partial charge >= 0.3 is 6.03 Å². The van der Waals surface area contributed by atoms with E-state index in [9.17, 15) is 9.59 Å². The summed E-state index contributed by atoms with van der Waals surface area (Å²) in [6.07, 6.45) is 1.67. The van der Waals surface area contributed by atoms with Crippen molar-refractivity contribution in [1.29, 1.82) is 0 Å². The zero-order valence-electron chi connectivity index (χ0n) is 14.8. The Morgan fingerprint density at radius 3 is 2.86 bits per heavy atom. The van der Waals surface area contributed by atoms with Gasteiger partial charge in [-0.3, -0.25) is 4.79 Å². The van der Waals surface area contributed by atoms with Crippen molar-refractivity contribution in [2.24, 2.45) is 0 Å². The number of likely N-dealkylation sites (tertiary alicyclic amines) is 1. The molecule has 0 bridgehead atoms. The average molecular weight is 379 g/mol. The second kappa shape index (κ2) is 6.45. The van der Waals surface area contributed by atoms with Crippen LogP contribution in [-0.2, 0) is 0 Å². The molecule has 3 N–H and O–H groups in total. The number of carbonyl (C=O) groups excluding carboxylic acids is 2. The van der Waals surface area contributed by atoms with E-state index in [-0.39, 0.29) is 24.8 Å². The van der Waals surface area contributed by atoms with E-state index in [2.05, 4.69) is 20.6 Å². The van der Waals surface area contributed by atoms with Gasteiger partial charge in [0.15, 0.2) is 11.5 Å². The molecule has 2 aliphatic heterocycles. The Balaban J connectivity index is 1.15. The third-order valence-corrected chi connectivity index (χ3v) is 4.76. The molecule has 9 nitrogen and oxygen atoms in total. The van der Waals surface area contributed by atoms with Gasteiger partial charge in [0.1, 0.15) is 11.3 Å². The normalized spacial score (nSPS) is 15.4. The number of benzene rings is 1. The summed E-state index contributed by atoms with van der Waals surface area (Å²) in [6.45, 7) is 1.08. The molecule has 1 fully saturated rings. The standard InChI is InChI=1S/C19H17N5O4/c25-18(14-6-11-2-1-5-20-17(11)23-14)21-13-8-24(9-13)19(26)22-12-3-4-15-16(7-12)28-10-27-15/h1-7,13H,8-10H2,(H,20,23)(H,21,25)(H,22,26). The minimum Gasteiger partial charge on any atom is -0.454 e. The van der Waals surface area contributed by atoms with Crippen LogP contribution in [0.1, 0.15) is 10.5 Å². The summed E-state index contributed by atoms with van der Waals surface area (Å²) >= 11 is 0. The Bertz CT molecular complexity index is 1040. The van der Waals surface area contributed by atoms with E-state index in [1.54, 1.807) is 35.4 Å². The Labute approximate surface area is 159 Å². The molecule has 2 aliphatic rings. The molecule has 28 heavy (non-hydrogen) atoms. The fraction of sp³-hybridized carbons (Fsp3) is 0.211. The van der Waals surface area contributed by atoms with Crippen LogP contribution in [0.25, 0.3) is 11.0 Å². The van der Waals surface area contributed by atoms with E-state index in [4.69, 9.17) is 9.47 Å². The van der Waals surface area contributed by atoms with E-state index < -0.39 is 0 Å². The fourth-order valence-corrected chi connectivity index (χ4v) is 3.26. The third kappa shape index (κ3) is 2.96. The smallest absolute Gasteiger partial charge is 0.321 e. The SMILES string of the molecule is O=C(NC1CN(C(=O)Nc2ccc3c(c2)OCO3)C1)c1cc2cccnc2[nH]1. The van der Waals surface area contributed by atoms with Gasteiger partial charge in [-0.15, -0.1) is 0 Å². The number of rotatable bonds is 3. The first-order chi connectivity index (χ1) is 13.7. The number of carbonyl (C=O) groups is 2. The average Bonchev–Trinajstić information content (AvgIpc) is 3.30. The molecule has 0 atom stereocenters. The van der Waals surface area contributed by atoms with Crippen LogP contribution in [-0.4, -0.2) is 52.7 Å². The summed E-state index contributed by atoms with van der Waals surface area (Å²) in [4.78, 5) is 33.5. The highest BCUT2D eigenvalue weighted by Gasteiger charge is 2.32. The summed E-state index contributed by atoms with van der Waals surface area (Å²) < 4.78 is 10.6. The molecule has 0 saturated carbocycles. The van der Waals surface area contributed by atoms with Crippen LogP contribution in [0, 0.1) is 0 Å². The van der Waals surface area contributed by atoms with Crippen molar-refractivity contribution in [1.82, 2.24) is 20.2 Å². The van der Waals surface area contributed by atoms with E-state index in [1.165, 1.54) is 0 Å². The van der Waals surface area contributed by atoms with Gasteiger partial charge in [0.2, 0.25) is 6.79 Å². The van der Waals surface area contributed by atoms with Gasteiger partial charge in [-0.1, -0.05) is 0 Å². The van der Waals surface area contributed by atoms with Crippen molar-refractivity contribution in [3.05, 3.63) is 48.3 Å². The second-order valence-electron chi connectivity index (χ2n) is 6.70. The Morgan fingerprint density at radius 1 is 1.14 bits per heavy atom. The molecular formula is C19H17N5O4. The Hall–Kier alpha value is -3.75. The van der Waals surface area contributed by atoms with Crippen LogP contribution in [0.5, 0.6) is 11.5 Å². The van der Waals surface area contributed by atoms with E-state index in [0.717, 1.165) is 5.39 Å². The van der Waals surface area contributed by atoms with E-state index in [0.29, 0.717) is 41.6 Å². The molecule has 2 aromatic heterocycles. The largest absolute Gasteiger partial charge is 0.454 e. The maximum absolute atomic E-state index is 12.4. The highest BCUT2D eigenvalue weighted by Crippen LogP contribution is 2.34. The number of hydrogen-bond acceptors (Lipinski definition) is 5. The van der Waals surface area contributed by atoms with Gasteiger partial charge in [-0.25, -0.2) is 9.78 Å². The number of fused-ring (bicyclic) bond motifs is 2. The molecule has 9 heteroatoms. The number of hydrogen-bond donors (Lipinski definition) is 3. The predicted octanol–water partition coefficient (Wildman–Crippen LogP) is 1.94. The first-order valence-corrected chi connectivity index (χ1v) is 8.86. The molecule has 0 radical (unpaired) electrons. The Kier molecular flexibility index (Phi) is 3.78. The monoisotopic (exact) mass is 379 g/mol. The molecule has 3 amide bonds. The maximum Gasteiger partial charge on any atom is 0.321 e. The number of anilines is 1. The topological polar surface area (TPSA) is 109 Å². The second-order valence-corrected chi connectivity index (χ2v) is 6.70. The molecule has 0 spiro atoms. The molecule has 4 heterocycles. The fourth-order valence-electron chi connectivity index (χ4n) is 3.26. The lowest BCUT2D eigenvalue weighted by Crippen LogP contribution is -2.61. The number of amides is 3. The van der Waals surface area contributed by atoms with Crippen LogP contribution in [0.4, 0.5) is 10.5 Å².